The lowest BCUT2D eigenvalue weighted by molar-refractivity contribution is -0.123. The van der Waals surface area contributed by atoms with Gasteiger partial charge in [-0.2, -0.15) is 0 Å². The topological polar surface area (TPSA) is 29.1 Å². The molecule has 1 aliphatic rings. The van der Waals surface area contributed by atoms with Gasteiger partial charge in [0.2, 0.25) is 5.91 Å². The molecule has 1 unspecified atom stereocenters. The number of amides is 1. The second-order valence-electron chi connectivity index (χ2n) is 3.00. The Bertz CT molecular complexity index is 268. The Morgan fingerprint density at radius 3 is 3.17 bits per heavy atom. The molecule has 0 spiro atoms. The zero-order chi connectivity index (χ0) is 8.39. The van der Waals surface area contributed by atoms with Crippen LogP contribution in [0.4, 0.5) is 0 Å². The van der Waals surface area contributed by atoms with Gasteiger partial charge in [0, 0.05) is 11.4 Å². The number of piperidine rings is 1. The lowest BCUT2D eigenvalue weighted by atomic mass is 9.97. The maximum atomic E-state index is 11.4. The molecule has 0 bridgehead atoms. The average Bonchev–Trinajstić information content (AvgIpc) is 2.57. The quantitative estimate of drug-likeness (QED) is 0.702. The molecule has 0 saturated carbocycles. The first-order chi connectivity index (χ1) is 5.88. The van der Waals surface area contributed by atoms with Crippen molar-refractivity contribution < 1.29 is 4.79 Å². The van der Waals surface area contributed by atoms with E-state index in [4.69, 9.17) is 0 Å². The van der Waals surface area contributed by atoms with E-state index in [1.54, 1.807) is 11.3 Å². The number of carbonyl (C=O) groups excluding carboxylic acids is 1. The van der Waals surface area contributed by atoms with Crippen LogP contribution in [0.2, 0.25) is 0 Å². The van der Waals surface area contributed by atoms with Gasteiger partial charge in [-0.1, -0.05) is 6.07 Å². The Labute approximate surface area is 75.6 Å². The number of carbonyl (C=O) groups is 1. The maximum Gasteiger partial charge on any atom is 0.228 e. The first-order valence-corrected chi connectivity index (χ1v) is 5.07. The van der Waals surface area contributed by atoms with Gasteiger partial charge < -0.3 is 5.32 Å². The van der Waals surface area contributed by atoms with Crippen molar-refractivity contribution >= 4 is 17.2 Å². The highest BCUT2D eigenvalue weighted by Crippen LogP contribution is 2.27. The van der Waals surface area contributed by atoms with Crippen LogP contribution in [-0.2, 0) is 4.79 Å². The van der Waals surface area contributed by atoms with Gasteiger partial charge in [0.05, 0.1) is 5.92 Å². The second-order valence-corrected chi connectivity index (χ2v) is 3.98. The second kappa shape index (κ2) is 3.27. The summed E-state index contributed by atoms with van der Waals surface area (Å²) >= 11 is 1.67. The molecule has 12 heavy (non-hydrogen) atoms. The van der Waals surface area contributed by atoms with E-state index in [1.165, 1.54) is 4.88 Å². The Morgan fingerprint density at radius 2 is 2.50 bits per heavy atom. The fraction of sp³-hybridized carbons (Fsp3) is 0.444. The molecule has 1 amide bonds. The van der Waals surface area contributed by atoms with Gasteiger partial charge in [0.15, 0.2) is 0 Å². The largest absolute Gasteiger partial charge is 0.356 e. The fourth-order valence-electron chi connectivity index (χ4n) is 1.53. The van der Waals surface area contributed by atoms with E-state index in [1.807, 2.05) is 17.5 Å². The van der Waals surface area contributed by atoms with E-state index in [0.717, 1.165) is 19.4 Å². The molecule has 0 radical (unpaired) electrons. The third kappa shape index (κ3) is 1.37. The van der Waals surface area contributed by atoms with E-state index in [-0.39, 0.29) is 11.8 Å². The predicted octanol–water partition coefficient (Wildman–Crippen LogP) is 1.74. The first-order valence-electron chi connectivity index (χ1n) is 4.19. The van der Waals surface area contributed by atoms with Crippen LogP contribution in [0.1, 0.15) is 23.6 Å². The monoisotopic (exact) mass is 181 g/mol. The SMILES string of the molecule is O=C1NCCCC1c1cccs1. The van der Waals surface area contributed by atoms with Crippen molar-refractivity contribution in [3.8, 4) is 0 Å². The molecular formula is C9H11NOS. The highest BCUT2D eigenvalue weighted by molar-refractivity contribution is 7.10. The van der Waals surface area contributed by atoms with Crippen molar-refractivity contribution in [1.82, 2.24) is 5.32 Å². The molecule has 0 aliphatic carbocycles. The van der Waals surface area contributed by atoms with E-state index in [9.17, 15) is 4.79 Å². The third-order valence-electron chi connectivity index (χ3n) is 2.17. The molecule has 1 fully saturated rings. The van der Waals surface area contributed by atoms with Crippen LogP contribution < -0.4 is 5.32 Å². The van der Waals surface area contributed by atoms with E-state index in [0.29, 0.717) is 0 Å². The molecule has 2 nitrogen and oxygen atoms in total. The number of hydrogen-bond acceptors (Lipinski definition) is 2. The van der Waals surface area contributed by atoms with Gasteiger partial charge in [0.1, 0.15) is 0 Å². The number of nitrogens with one attached hydrogen (secondary N) is 1. The minimum absolute atomic E-state index is 0.124. The lowest BCUT2D eigenvalue weighted by Gasteiger charge is -2.20. The molecule has 1 aromatic rings. The van der Waals surface area contributed by atoms with Crippen LogP contribution in [-0.4, -0.2) is 12.5 Å². The molecule has 1 atom stereocenters. The van der Waals surface area contributed by atoms with Gasteiger partial charge in [-0.15, -0.1) is 11.3 Å². The van der Waals surface area contributed by atoms with Crippen molar-refractivity contribution in [3.63, 3.8) is 0 Å². The van der Waals surface area contributed by atoms with Crippen LogP contribution in [0, 0.1) is 0 Å². The molecule has 3 heteroatoms. The van der Waals surface area contributed by atoms with Crippen molar-refractivity contribution in [2.45, 2.75) is 18.8 Å². The Balaban J connectivity index is 2.17. The lowest BCUT2D eigenvalue weighted by Crippen LogP contribution is -2.34. The molecule has 2 heterocycles. The zero-order valence-electron chi connectivity index (χ0n) is 6.75. The van der Waals surface area contributed by atoms with Gasteiger partial charge in [-0.3, -0.25) is 4.79 Å². The minimum atomic E-state index is 0.124. The summed E-state index contributed by atoms with van der Waals surface area (Å²) in [6.45, 7) is 0.848. The molecule has 2 rings (SSSR count). The summed E-state index contributed by atoms with van der Waals surface area (Å²) in [5, 5.41) is 4.91. The van der Waals surface area contributed by atoms with Crippen molar-refractivity contribution in [3.05, 3.63) is 22.4 Å². The van der Waals surface area contributed by atoms with E-state index >= 15 is 0 Å². The molecule has 1 saturated heterocycles. The Morgan fingerprint density at radius 1 is 1.58 bits per heavy atom. The van der Waals surface area contributed by atoms with Gasteiger partial charge in [-0.25, -0.2) is 0 Å². The van der Waals surface area contributed by atoms with Crippen LogP contribution in [0.5, 0.6) is 0 Å². The minimum Gasteiger partial charge on any atom is -0.356 e. The van der Waals surface area contributed by atoms with Gasteiger partial charge in [-0.05, 0) is 24.3 Å². The average molecular weight is 181 g/mol. The number of thiophene rings is 1. The van der Waals surface area contributed by atoms with E-state index in [2.05, 4.69) is 5.32 Å². The van der Waals surface area contributed by atoms with Crippen molar-refractivity contribution in [2.75, 3.05) is 6.54 Å². The molecule has 1 aliphatic heterocycles. The summed E-state index contributed by atoms with van der Waals surface area (Å²) in [7, 11) is 0. The van der Waals surface area contributed by atoms with Gasteiger partial charge >= 0.3 is 0 Å². The van der Waals surface area contributed by atoms with Crippen LogP contribution in [0.25, 0.3) is 0 Å². The Kier molecular flexibility index (Phi) is 2.13. The Hall–Kier alpha value is -0.830. The summed E-state index contributed by atoms with van der Waals surface area (Å²) in [6.07, 6.45) is 2.11. The number of rotatable bonds is 1. The molecule has 64 valence electrons. The summed E-state index contributed by atoms with van der Waals surface area (Å²) < 4.78 is 0. The standard InChI is InChI=1S/C9H11NOS/c11-9-7(3-1-5-10-9)8-4-2-6-12-8/h2,4,6-7H,1,3,5H2,(H,10,11). The van der Waals surface area contributed by atoms with Crippen molar-refractivity contribution in [2.24, 2.45) is 0 Å². The summed E-state index contributed by atoms with van der Waals surface area (Å²) in [6, 6.07) is 4.04. The normalized spacial score (nSPS) is 23.7. The highest BCUT2D eigenvalue weighted by atomic mass is 32.1. The van der Waals surface area contributed by atoms with Crippen LogP contribution >= 0.6 is 11.3 Å². The predicted molar refractivity (Wildman–Crippen MR) is 49.3 cm³/mol. The fourth-order valence-corrected chi connectivity index (χ4v) is 2.39. The van der Waals surface area contributed by atoms with Crippen LogP contribution in [0.15, 0.2) is 17.5 Å². The molecular weight excluding hydrogens is 170 g/mol. The first kappa shape index (κ1) is 7.80. The van der Waals surface area contributed by atoms with Gasteiger partial charge in [0.25, 0.3) is 0 Å². The number of hydrogen-bond donors (Lipinski definition) is 1. The highest BCUT2D eigenvalue weighted by Gasteiger charge is 2.23. The molecule has 1 N–H and O–H groups in total. The van der Waals surface area contributed by atoms with Crippen LogP contribution in [0.3, 0.4) is 0 Å². The summed E-state index contributed by atoms with van der Waals surface area (Å²) in [5.74, 6) is 0.322. The molecule has 0 aromatic carbocycles. The third-order valence-corrected chi connectivity index (χ3v) is 3.16. The van der Waals surface area contributed by atoms with Crippen molar-refractivity contribution in [1.29, 1.82) is 0 Å². The summed E-state index contributed by atoms with van der Waals surface area (Å²) in [5.41, 5.74) is 0. The maximum absolute atomic E-state index is 11.4. The summed E-state index contributed by atoms with van der Waals surface area (Å²) in [4.78, 5) is 12.6. The van der Waals surface area contributed by atoms with E-state index < -0.39 is 0 Å². The smallest absolute Gasteiger partial charge is 0.228 e. The zero-order valence-corrected chi connectivity index (χ0v) is 7.56. The molecule has 1 aromatic heterocycles.